The van der Waals surface area contributed by atoms with E-state index in [-0.39, 0.29) is 23.6 Å². The van der Waals surface area contributed by atoms with Crippen molar-refractivity contribution in [2.24, 2.45) is 5.92 Å². The second-order valence-corrected chi connectivity index (χ2v) is 12.7. The number of amides is 2. The first-order valence-corrected chi connectivity index (χ1v) is 14.7. The van der Waals surface area contributed by atoms with E-state index in [9.17, 15) is 22.8 Å². The number of dihydropyridines is 1. The van der Waals surface area contributed by atoms with Crippen LogP contribution in [0.3, 0.4) is 0 Å². The number of hydrogen-bond acceptors (Lipinski definition) is 6. The molecule has 3 aliphatic rings. The number of carbonyl (C=O) groups is 2. The Balaban J connectivity index is 1.41. The third-order valence-corrected chi connectivity index (χ3v) is 7.94. The second-order valence-electron chi connectivity index (χ2n) is 12.7. The zero-order valence-electron chi connectivity index (χ0n) is 25.1. The standard InChI is InChI=1S/C32H38F3N5O3/c1-17-13-19(37-31(42)43-32(3,4)5)16-40(15-17)29-20-10-9-18(2)27(20)36-14-25(29)39-30(41)24-12-11-23(35)28(38-24)26-21(33)7-6-8-22(26)34/h6-8,11-12,14,17-19,28,38H,9-10,13,15-16H2,1-5H3,(H,37,42)(H,39,41)/t17-,18?,19+,28?/m1/s1. The summed E-state index contributed by atoms with van der Waals surface area (Å²) in [7, 11) is 0. The number of benzene rings is 1. The van der Waals surface area contributed by atoms with Gasteiger partial charge in [-0.2, -0.15) is 0 Å². The predicted octanol–water partition coefficient (Wildman–Crippen LogP) is 6.17. The van der Waals surface area contributed by atoms with Gasteiger partial charge in [-0.05, 0) is 81.7 Å². The van der Waals surface area contributed by atoms with Crippen LogP contribution in [0.4, 0.5) is 29.3 Å². The van der Waals surface area contributed by atoms with Crippen molar-refractivity contribution in [2.75, 3.05) is 23.3 Å². The second kappa shape index (κ2) is 11.9. The van der Waals surface area contributed by atoms with Crippen LogP contribution >= 0.6 is 0 Å². The average molecular weight is 598 g/mol. The number of piperidine rings is 1. The average Bonchev–Trinajstić information content (AvgIpc) is 3.28. The smallest absolute Gasteiger partial charge is 0.407 e. The van der Waals surface area contributed by atoms with Gasteiger partial charge in [-0.25, -0.2) is 18.0 Å². The van der Waals surface area contributed by atoms with E-state index in [1.807, 2.05) is 20.8 Å². The van der Waals surface area contributed by atoms with E-state index in [0.717, 1.165) is 54.4 Å². The normalized spacial score (nSPS) is 23.5. The lowest BCUT2D eigenvalue weighted by Crippen LogP contribution is -2.51. The third kappa shape index (κ3) is 6.65. The highest BCUT2D eigenvalue weighted by Gasteiger charge is 2.34. The minimum Gasteiger partial charge on any atom is -0.444 e. The maximum Gasteiger partial charge on any atom is 0.407 e. The van der Waals surface area contributed by atoms with Crippen LogP contribution in [0.15, 0.2) is 48.1 Å². The number of hydrogen-bond donors (Lipinski definition) is 3. The van der Waals surface area contributed by atoms with Gasteiger partial charge < -0.3 is 25.6 Å². The third-order valence-electron chi connectivity index (χ3n) is 7.94. The molecule has 1 fully saturated rings. The zero-order chi connectivity index (χ0) is 31.1. The number of halogens is 3. The molecule has 4 atom stereocenters. The molecule has 0 bridgehead atoms. The van der Waals surface area contributed by atoms with Gasteiger partial charge in [-0.15, -0.1) is 0 Å². The Labute approximate surface area is 249 Å². The minimum atomic E-state index is -1.49. The van der Waals surface area contributed by atoms with E-state index in [1.165, 1.54) is 12.1 Å². The number of rotatable bonds is 5. The van der Waals surface area contributed by atoms with E-state index >= 15 is 0 Å². The van der Waals surface area contributed by atoms with Crippen molar-refractivity contribution in [2.45, 2.75) is 77.5 Å². The lowest BCUT2D eigenvalue weighted by molar-refractivity contribution is -0.113. The van der Waals surface area contributed by atoms with Crippen LogP contribution in [0, 0.1) is 17.6 Å². The molecule has 0 spiro atoms. The van der Waals surface area contributed by atoms with Gasteiger partial charge in [0, 0.05) is 24.8 Å². The molecule has 3 heterocycles. The number of alkyl carbamates (subject to hydrolysis) is 1. The summed E-state index contributed by atoms with van der Waals surface area (Å²) >= 11 is 0. The quantitative estimate of drug-likeness (QED) is 0.382. The van der Waals surface area contributed by atoms with Crippen molar-refractivity contribution < 1.29 is 27.5 Å². The van der Waals surface area contributed by atoms with Gasteiger partial charge in [0.05, 0.1) is 23.1 Å². The highest BCUT2D eigenvalue weighted by Crippen LogP contribution is 2.42. The molecule has 43 heavy (non-hydrogen) atoms. The van der Waals surface area contributed by atoms with Gasteiger partial charge in [0.1, 0.15) is 34.8 Å². The number of pyridine rings is 1. The van der Waals surface area contributed by atoms with Crippen molar-refractivity contribution in [3.8, 4) is 0 Å². The van der Waals surface area contributed by atoms with Gasteiger partial charge in [0.2, 0.25) is 0 Å². The highest BCUT2D eigenvalue weighted by atomic mass is 19.1. The Bertz CT molecular complexity index is 1470. The fourth-order valence-corrected chi connectivity index (χ4v) is 6.15. The van der Waals surface area contributed by atoms with Crippen molar-refractivity contribution in [1.82, 2.24) is 15.6 Å². The molecule has 2 aromatic rings. The first-order chi connectivity index (χ1) is 20.3. The lowest BCUT2D eigenvalue weighted by Gasteiger charge is -2.40. The predicted molar refractivity (Wildman–Crippen MR) is 158 cm³/mol. The van der Waals surface area contributed by atoms with E-state index in [1.54, 1.807) is 6.20 Å². The van der Waals surface area contributed by atoms with Gasteiger partial charge >= 0.3 is 6.09 Å². The molecule has 3 N–H and O–H groups in total. The van der Waals surface area contributed by atoms with E-state index in [0.29, 0.717) is 18.8 Å². The van der Waals surface area contributed by atoms with E-state index < -0.39 is 46.7 Å². The number of ether oxygens (including phenoxy) is 1. The first-order valence-electron chi connectivity index (χ1n) is 14.7. The summed E-state index contributed by atoms with van der Waals surface area (Å²) in [5, 5.41) is 8.58. The van der Waals surface area contributed by atoms with Gasteiger partial charge in [-0.1, -0.05) is 19.9 Å². The van der Waals surface area contributed by atoms with Crippen LogP contribution in [0.25, 0.3) is 0 Å². The molecular formula is C32H38F3N5O3. The maximum atomic E-state index is 14.7. The maximum absolute atomic E-state index is 14.7. The minimum absolute atomic E-state index is 0.0506. The molecule has 1 aromatic carbocycles. The van der Waals surface area contributed by atoms with Gasteiger partial charge in [0.25, 0.3) is 5.91 Å². The summed E-state index contributed by atoms with van der Waals surface area (Å²) < 4.78 is 49.2. The van der Waals surface area contributed by atoms with Crippen LogP contribution in [0.2, 0.25) is 0 Å². The van der Waals surface area contributed by atoms with Crippen LogP contribution in [0.1, 0.15) is 76.2 Å². The van der Waals surface area contributed by atoms with Crippen LogP contribution in [-0.2, 0) is 16.0 Å². The van der Waals surface area contributed by atoms with Crippen LogP contribution in [-0.4, -0.2) is 41.7 Å². The largest absolute Gasteiger partial charge is 0.444 e. The number of nitrogens with one attached hydrogen (secondary N) is 3. The topological polar surface area (TPSA) is 95.6 Å². The summed E-state index contributed by atoms with van der Waals surface area (Å²) in [6.45, 7) is 10.9. The SMILES string of the molecule is CC1CCc2c1ncc(NC(=O)C1=CC=C(F)C(c3c(F)cccc3F)N1)c2N1C[C@H](C)C[C@H](NC(=O)OC(C)(C)C)C1. The Hall–Kier alpha value is -4.02. The number of allylic oxidation sites excluding steroid dienone is 2. The molecule has 8 nitrogen and oxygen atoms in total. The number of aromatic nitrogens is 1. The fraction of sp³-hybridized carbons (Fsp3) is 0.469. The molecule has 5 rings (SSSR count). The van der Waals surface area contributed by atoms with E-state index in [2.05, 4.69) is 39.7 Å². The Morgan fingerprint density at radius 3 is 2.51 bits per heavy atom. The molecular weight excluding hydrogens is 559 g/mol. The summed E-state index contributed by atoms with van der Waals surface area (Å²) in [6.07, 6.45) is 5.88. The van der Waals surface area contributed by atoms with Crippen molar-refractivity contribution >= 4 is 23.4 Å². The summed E-state index contributed by atoms with van der Waals surface area (Å²) in [5.74, 6) is -2.78. The lowest BCUT2D eigenvalue weighted by atomic mass is 9.94. The first kappa shape index (κ1) is 30.4. The Morgan fingerprint density at radius 2 is 1.81 bits per heavy atom. The molecule has 2 amide bonds. The highest BCUT2D eigenvalue weighted by molar-refractivity contribution is 6.05. The molecule has 11 heteroatoms. The molecule has 0 saturated carbocycles. The summed E-state index contributed by atoms with van der Waals surface area (Å²) in [5.41, 5.74) is 2.13. The number of carbonyl (C=O) groups excluding carboxylic acids is 2. The number of nitrogens with zero attached hydrogens (tertiary/aromatic N) is 2. The molecule has 1 aromatic heterocycles. The number of anilines is 2. The van der Waals surface area contributed by atoms with Crippen LogP contribution in [0.5, 0.6) is 0 Å². The molecule has 1 saturated heterocycles. The zero-order valence-corrected chi connectivity index (χ0v) is 25.1. The van der Waals surface area contributed by atoms with Gasteiger partial charge in [-0.3, -0.25) is 9.78 Å². The van der Waals surface area contributed by atoms with Crippen LogP contribution < -0.4 is 20.9 Å². The summed E-state index contributed by atoms with van der Waals surface area (Å²) in [6, 6.07) is 1.60. The Kier molecular flexibility index (Phi) is 8.45. The monoisotopic (exact) mass is 597 g/mol. The molecule has 2 aliphatic heterocycles. The fourth-order valence-electron chi connectivity index (χ4n) is 6.15. The molecule has 230 valence electrons. The van der Waals surface area contributed by atoms with Crippen molar-refractivity contribution in [1.29, 1.82) is 0 Å². The van der Waals surface area contributed by atoms with Crippen molar-refractivity contribution in [3.63, 3.8) is 0 Å². The molecule has 2 unspecified atom stereocenters. The Morgan fingerprint density at radius 1 is 1.09 bits per heavy atom. The van der Waals surface area contributed by atoms with E-state index in [4.69, 9.17) is 4.74 Å². The summed E-state index contributed by atoms with van der Waals surface area (Å²) in [4.78, 5) is 33.0. The number of fused-ring (bicyclic) bond motifs is 1. The molecule has 1 aliphatic carbocycles. The molecule has 0 radical (unpaired) electrons. The van der Waals surface area contributed by atoms with Crippen molar-refractivity contribution in [3.05, 3.63) is 76.5 Å². The van der Waals surface area contributed by atoms with Gasteiger partial charge in [0.15, 0.2) is 0 Å².